The van der Waals surface area contributed by atoms with Crippen LogP contribution in [0.3, 0.4) is 0 Å². The third-order valence-corrected chi connectivity index (χ3v) is 8.49. The van der Waals surface area contributed by atoms with Crippen molar-refractivity contribution in [2.45, 2.75) is 6.42 Å². The summed E-state index contributed by atoms with van der Waals surface area (Å²) in [6, 6.07) is 43.7. The van der Waals surface area contributed by atoms with Gasteiger partial charge in [-0.1, -0.05) is 115 Å². The van der Waals surface area contributed by atoms with Gasteiger partial charge >= 0.3 is 0 Å². The van der Waals surface area contributed by atoms with E-state index < -0.39 is 0 Å². The third-order valence-electron chi connectivity index (χ3n) is 8.49. The number of para-hydroxylation sites is 1. The van der Waals surface area contributed by atoms with Gasteiger partial charge in [-0.05, 0) is 28.8 Å². The Hall–Kier alpha value is -5.94. The van der Waals surface area contributed by atoms with E-state index in [-0.39, 0.29) is 0 Å². The largest absolute Gasteiger partial charge is 0.452 e. The predicted octanol–water partition coefficient (Wildman–Crippen LogP) is 9.41. The van der Waals surface area contributed by atoms with Gasteiger partial charge < -0.3 is 4.42 Å². The molecule has 0 bridgehead atoms. The second-order valence-corrected chi connectivity index (χ2v) is 11.1. The SMILES string of the molecule is c1ccc(-c2nc(-c3ccc(-c4ccc(-c5ncnc6c5Cc5ccccc5-6)cc4)cc3)c3oc4ccccc4c3n2)cc1. The van der Waals surface area contributed by atoms with Crippen molar-refractivity contribution in [2.24, 2.45) is 0 Å². The van der Waals surface area contributed by atoms with Crippen molar-refractivity contribution in [1.82, 2.24) is 19.9 Å². The molecule has 0 fully saturated rings. The topological polar surface area (TPSA) is 64.7 Å². The first-order chi connectivity index (χ1) is 21.8. The van der Waals surface area contributed by atoms with Crippen LogP contribution in [0.5, 0.6) is 0 Å². The molecule has 206 valence electrons. The molecule has 5 aromatic carbocycles. The van der Waals surface area contributed by atoms with Crippen LogP contribution in [0.1, 0.15) is 11.1 Å². The fourth-order valence-corrected chi connectivity index (χ4v) is 6.30. The fraction of sp³-hybridized carbons (Fsp3) is 0.0256. The number of furan rings is 1. The van der Waals surface area contributed by atoms with Crippen molar-refractivity contribution in [1.29, 1.82) is 0 Å². The van der Waals surface area contributed by atoms with Gasteiger partial charge in [-0.25, -0.2) is 19.9 Å². The van der Waals surface area contributed by atoms with Crippen molar-refractivity contribution in [3.63, 3.8) is 0 Å². The lowest BCUT2D eigenvalue weighted by atomic mass is 9.98. The lowest BCUT2D eigenvalue weighted by Crippen LogP contribution is -1.94. The maximum Gasteiger partial charge on any atom is 0.180 e. The molecule has 0 saturated carbocycles. The standard InChI is InChI=1S/C39H24N4O/c1-2-8-28(9-3-1)39-42-35(38-37(43-39)31-12-6-7-13-33(31)44-38)27-20-16-25(17-21-27)24-14-18-26(19-15-24)34-32-22-29-10-4-5-11-30(29)36(32)41-23-40-34/h1-21,23H,22H2. The van der Waals surface area contributed by atoms with Crippen LogP contribution in [0.15, 0.2) is 138 Å². The highest BCUT2D eigenvalue weighted by molar-refractivity contribution is 6.07. The molecule has 9 rings (SSSR count). The molecule has 0 N–H and O–H groups in total. The van der Waals surface area contributed by atoms with Crippen molar-refractivity contribution in [3.8, 4) is 56.3 Å². The van der Waals surface area contributed by atoms with E-state index in [0.29, 0.717) is 11.4 Å². The molecule has 3 heterocycles. The van der Waals surface area contributed by atoms with Crippen LogP contribution in [-0.4, -0.2) is 19.9 Å². The highest BCUT2D eigenvalue weighted by Crippen LogP contribution is 2.40. The summed E-state index contributed by atoms with van der Waals surface area (Å²) in [6.45, 7) is 0. The van der Waals surface area contributed by atoms with Crippen LogP contribution in [0.2, 0.25) is 0 Å². The molecule has 5 nitrogen and oxygen atoms in total. The average molecular weight is 565 g/mol. The quantitative estimate of drug-likeness (QED) is 0.213. The number of benzene rings is 5. The van der Waals surface area contributed by atoms with Crippen LogP contribution in [-0.2, 0) is 6.42 Å². The molecule has 8 aromatic rings. The molecule has 3 aromatic heterocycles. The molecule has 44 heavy (non-hydrogen) atoms. The fourth-order valence-electron chi connectivity index (χ4n) is 6.30. The normalized spacial score (nSPS) is 12.0. The molecule has 1 aliphatic rings. The molecule has 0 saturated heterocycles. The van der Waals surface area contributed by atoms with E-state index in [1.165, 1.54) is 16.7 Å². The second-order valence-electron chi connectivity index (χ2n) is 11.1. The zero-order valence-electron chi connectivity index (χ0n) is 23.6. The maximum atomic E-state index is 6.32. The number of nitrogens with zero attached hydrogens (tertiary/aromatic N) is 4. The molecule has 0 aliphatic heterocycles. The van der Waals surface area contributed by atoms with Gasteiger partial charge in [-0.15, -0.1) is 0 Å². The van der Waals surface area contributed by atoms with Crippen molar-refractivity contribution >= 4 is 22.1 Å². The Morgan fingerprint density at radius 3 is 1.93 bits per heavy atom. The van der Waals surface area contributed by atoms with Crippen LogP contribution < -0.4 is 0 Å². The Labute approximate surface area is 253 Å². The Balaban J connectivity index is 1.08. The summed E-state index contributed by atoms with van der Waals surface area (Å²) in [5, 5.41) is 0.984. The number of rotatable bonds is 4. The van der Waals surface area contributed by atoms with Gasteiger partial charge in [0.1, 0.15) is 23.1 Å². The lowest BCUT2D eigenvalue weighted by molar-refractivity contribution is 0.667. The van der Waals surface area contributed by atoms with Crippen LogP contribution in [0, 0.1) is 0 Å². The van der Waals surface area contributed by atoms with Gasteiger partial charge in [0.25, 0.3) is 0 Å². The van der Waals surface area contributed by atoms with Crippen molar-refractivity contribution in [3.05, 3.63) is 145 Å². The van der Waals surface area contributed by atoms with E-state index in [4.69, 9.17) is 14.4 Å². The third kappa shape index (κ3) is 3.94. The summed E-state index contributed by atoms with van der Waals surface area (Å²) in [4.78, 5) is 19.2. The van der Waals surface area contributed by atoms with Gasteiger partial charge in [0.05, 0.1) is 11.4 Å². The number of hydrogen-bond acceptors (Lipinski definition) is 5. The Bertz CT molecular complexity index is 2340. The highest BCUT2D eigenvalue weighted by atomic mass is 16.3. The van der Waals surface area contributed by atoms with E-state index in [9.17, 15) is 0 Å². The Morgan fingerprint density at radius 2 is 1.14 bits per heavy atom. The van der Waals surface area contributed by atoms with E-state index in [1.54, 1.807) is 6.33 Å². The van der Waals surface area contributed by atoms with Gasteiger partial charge in [-0.2, -0.15) is 0 Å². The van der Waals surface area contributed by atoms with E-state index in [2.05, 4.69) is 82.8 Å². The summed E-state index contributed by atoms with van der Waals surface area (Å²) in [7, 11) is 0. The molecular weight excluding hydrogens is 540 g/mol. The molecule has 0 radical (unpaired) electrons. The zero-order valence-corrected chi connectivity index (χ0v) is 23.6. The molecule has 0 unspecified atom stereocenters. The van der Waals surface area contributed by atoms with Gasteiger partial charge in [0, 0.05) is 39.6 Å². The smallest absolute Gasteiger partial charge is 0.180 e. The van der Waals surface area contributed by atoms with Gasteiger partial charge in [-0.3, -0.25) is 0 Å². The summed E-state index contributed by atoms with van der Waals surface area (Å²) in [5.74, 6) is 0.679. The predicted molar refractivity (Wildman–Crippen MR) is 175 cm³/mol. The summed E-state index contributed by atoms with van der Waals surface area (Å²) < 4.78 is 6.32. The van der Waals surface area contributed by atoms with Gasteiger partial charge in [0.15, 0.2) is 11.4 Å². The first-order valence-electron chi connectivity index (χ1n) is 14.7. The van der Waals surface area contributed by atoms with Crippen molar-refractivity contribution < 1.29 is 4.42 Å². The minimum Gasteiger partial charge on any atom is -0.452 e. The summed E-state index contributed by atoms with van der Waals surface area (Å²) >= 11 is 0. The second kappa shape index (κ2) is 9.82. The number of hydrogen-bond donors (Lipinski definition) is 0. The summed E-state index contributed by atoms with van der Waals surface area (Å²) in [5.41, 5.74) is 14.2. The summed E-state index contributed by atoms with van der Waals surface area (Å²) in [6.07, 6.45) is 2.54. The highest BCUT2D eigenvalue weighted by Gasteiger charge is 2.23. The minimum absolute atomic E-state index is 0.679. The molecule has 1 aliphatic carbocycles. The van der Waals surface area contributed by atoms with E-state index >= 15 is 0 Å². The first kappa shape index (κ1) is 24.6. The average Bonchev–Trinajstić information content (AvgIpc) is 3.67. The van der Waals surface area contributed by atoms with E-state index in [1.807, 2.05) is 54.6 Å². The monoisotopic (exact) mass is 564 g/mol. The minimum atomic E-state index is 0.679. The molecule has 0 amide bonds. The van der Waals surface area contributed by atoms with Crippen molar-refractivity contribution in [2.75, 3.05) is 0 Å². The van der Waals surface area contributed by atoms with Crippen LogP contribution >= 0.6 is 0 Å². The zero-order chi connectivity index (χ0) is 29.0. The van der Waals surface area contributed by atoms with Crippen LogP contribution in [0.25, 0.3) is 78.4 Å². The Kier molecular flexibility index (Phi) is 5.50. The van der Waals surface area contributed by atoms with E-state index in [0.717, 1.165) is 67.8 Å². The molecule has 0 atom stereocenters. The molecule has 0 spiro atoms. The number of aromatic nitrogens is 4. The maximum absolute atomic E-state index is 6.32. The first-order valence-corrected chi connectivity index (χ1v) is 14.7. The van der Waals surface area contributed by atoms with Crippen LogP contribution in [0.4, 0.5) is 0 Å². The molecule has 5 heteroatoms. The lowest BCUT2D eigenvalue weighted by Gasteiger charge is -2.09. The molecular formula is C39H24N4O. The Morgan fingerprint density at radius 1 is 0.500 bits per heavy atom. The number of fused-ring (bicyclic) bond motifs is 6. The van der Waals surface area contributed by atoms with Gasteiger partial charge in [0.2, 0.25) is 0 Å².